The van der Waals surface area contributed by atoms with Crippen LogP contribution in [0.15, 0.2) is 66.1 Å². The molecule has 0 radical (unpaired) electrons. The van der Waals surface area contributed by atoms with Crippen LogP contribution in [-0.4, -0.2) is 48.2 Å². The predicted molar refractivity (Wildman–Crippen MR) is 145 cm³/mol. The van der Waals surface area contributed by atoms with Gasteiger partial charge in [0.2, 0.25) is 5.91 Å². The largest absolute Gasteiger partial charge is 0.494 e. The summed E-state index contributed by atoms with van der Waals surface area (Å²) in [6.07, 6.45) is 4.86. The van der Waals surface area contributed by atoms with Crippen LogP contribution in [0.5, 0.6) is 5.75 Å². The van der Waals surface area contributed by atoms with Gasteiger partial charge >= 0.3 is 0 Å². The molecule has 1 heterocycles. The highest BCUT2D eigenvalue weighted by atomic mass is 35.5. The van der Waals surface area contributed by atoms with E-state index in [1.807, 2.05) is 50.2 Å². The van der Waals surface area contributed by atoms with Crippen molar-refractivity contribution in [3.8, 4) is 5.75 Å². The lowest BCUT2D eigenvalue weighted by Gasteiger charge is -2.27. The molecule has 7 nitrogen and oxygen atoms in total. The summed E-state index contributed by atoms with van der Waals surface area (Å²) in [5.74, 6) is 0.941. The molecule has 0 saturated heterocycles. The molecule has 2 atom stereocenters. The number of hydrogen-bond acceptors (Lipinski definition) is 5. The average Bonchev–Trinajstić information content (AvgIpc) is 3.46. The first-order chi connectivity index (χ1) is 17.6. The maximum absolute atomic E-state index is 13.0. The molecule has 2 unspecified atom stereocenters. The molecule has 0 aliphatic heterocycles. The molecule has 1 aliphatic carbocycles. The number of alkyl halides is 1. The summed E-state index contributed by atoms with van der Waals surface area (Å²) in [4.78, 5) is 16.9. The number of amides is 1. The summed E-state index contributed by atoms with van der Waals surface area (Å²) >= 11 is 6.05. The lowest BCUT2D eigenvalue weighted by Crippen LogP contribution is -2.45. The fraction of sp³-hybridized carbons (Fsp3) is 0.429. The van der Waals surface area contributed by atoms with Crippen LogP contribution in [0.2, 0.25) is 0 Å². The summed E-state index contributed by atoms with van der Waals surface area (Å²) in [5.41, 5.74) is 2.87. The molecular formula is C28H34ClN3O4S. The van der Waals surface area contributed by atoms with Crippen molar-refractivity contribution >= 4 is 27.3 Å². The van der Waals surface area contributed by atoms with E-state index in [-0.39, 0.29) is 41.1 Å². The van der Waals surface area contributed by atoms with Crippen molar-refractivity contribution in [2.45, 2.75) is 50.1 Å². The Balaban J connectivity index is 1.46. The predicted octanol–water partition coefficient (Wildman–Crippen LogP) is 4.30. The first-order valence-electron chi connectivity index (χ1n) is 12.5. The minimum atomic E-state index is -3.44. The molecule has 0 bridgehead atoms. The fourth-order valence-electron chi connectivity index (χ4n) is 4.58. The van der Waals surface area contributed by atoms with Gasteiger partial charge in [-0.15, -0.1) is 11.6 Å². The van der Waals surface area contributed by atoms with E-state index in [0.29, 0.717) is 12.2 Å². The minimum Gasteiger partial charge on any atom is -0.494 e. The first-order valence-corrected chi connectivity index (χ1v) is 14.6. The normalized spacial score (nSPS) is 17.4. The Labute approximate surface area is 224 Å². The highest BCUT2D eigenvalue weighted by Crippen LogP contribution is 2.38. The van der Waals surface area contributed by atoms with Crippen molar-refractivity contribution in [2.24, 2.45) is 12.5 Å². The Kier molecular flexibility index (Phi) is 8.29. The number of benzene rings is 2. The highest BCUT2D eigenvalue weighted by Gasteiger charge is 2.37. The van der Waals surface area contributed by atoms with E-state index >= 15 is 0 Å². The van der Waals surface area contributed by atoms with Gasteiger partial charge in [-0.1, -0.05) is 36.4 Å². The van der Waals surface area contributed by atoms with Gasteiger partial charge in [0.15, 0.2) is 14.9 Å². The summed E-state index contributed by atoms with van der Waals surface area (Å²) in [6.45, 7) is 3.98. The number of carbonyl (C=O) groups is 1. The lowest BCUT2D eigenvalue weighted by molar-refractivity contribution is -0.129. The lowest BCUT2D eigenvalue weighted by atomic mass is 9.89. The number of hydrogen-bond donors (Lipinski definition) is 1. The maximum atomic E-state index is 13.0. The number of sulfone groups is 1. The average molecular weight is 544 g/mol. The van der Waals surface area contributed by atoms with Crippen molar-refractivity contribution in [2.75, 3.05) is 18.2 Å². The zero-order valence-electron chi connectivity index (χ0n) is 21.5. The van der Waals surface area contributed by atoms with Gasteiger partial charge in [-0.2, -0.15) is 0 Å². The molecule has 1 aliphatic rings. The summed E-state index contributed by atoms with van der Waals surface area (Å²) in [5, 5.41) is 3.34. The Hall–Kier alpha value is -2.84. The van der Waals surface area contributed by atoms with Crippen molar-refractivity contribution in [1.82, 2.24) is 14.9 Å². The van der Waals surface area contributed by atoms with Crippen LogP contribution in [0.4, 0.5) is 0 Å². The van der Waals surface area contributed by atoms with Crippen LogP contribution in [0.3, 0.4) is 0 Å². The number of rotatable bonds is 11. The molecule has 4 rings (SSSR count). The fourth-order valence-corrected chi connectivity index (χ4v) is 5.94. The van der Waals surface area contributed by atoms with Gasteiger partial charge in [-0.3, -0.25) is 4.79 Å². The molecule has 1 aromatic heterocycles. The second-order valence-corrected chi connectivity index (χ2v) is 12.7. The number of nitrogens with one attached hydrogen (secondary N) is 1. The third-order valence-electron chi connectivity index (χ3n) is 6.83. The Morgan fingerprint density at radius 1 is 1.22 bits per heavy atom. The van der Waals surface area contributed by atoms with Crippen LogP contribution >= 0.6 is 11.6 Å². The number of halogens is 1. The molecule has 0 spiro atoms. The minimum absolute atomic E-state index is 0.0317. The topological polar surface area (TPSA) is 90.3 Å². The van der Waals surface area contributed by atoms with Gasteiger partial charge in [0, 0.05) is 31.1 Å². The molecule has 37 heavy (non-hydrogen) atoms. The van der Waals surface area contributed by atoms with Crippen molar-refractivity contribution in [1.29, 1.82) is 0 Å². The molecule has 1 amide bonds. The van der Waals surface area contributed by atoms with Gasteiger partial charge in [-0.25, -0.2) is 13.4 Å². The summed E-state index contributed by atoms with van der Waals surface area (Å²) in [6, 6.07) is 16.2. The summed E-state index contributed by atoms with van der Waals surface area (Å²) in [7, 11) is -1.70. The van der Waals surface area contributed by atoms with E-state index < -0.39 is 15.3 Å². The van der Waals surface area contributed by atoms with Crippen LogP contribution in [0.1, 0.15) is 42.9 Å². The van der Waals surface area contributed by atoms with Gasteiger partial charge < -0.3 is 14.6 Å². The molecule has 0 saturated carbocycles. The van der Waals surface area contributed by atoms with E-state index in [1.54, 1.807) is 11.6 Å². The number of fused-ring (bicyclic) bond motifs is 1. The number of carbonyl (C=O) groups excluding carboxylic acids is 1. The zero-order valence-corrected chi connectivity index (χ0v) is 23.1. The molecule has 3 aromatic rings. The second-order valence-electron chi connectivity index (χ2n) is 10.4. The van der Waals surface area contributed by atoms with Crippen molar-refractivity contribution in [3.63, 3.8) is 0 Å². The van der Waals surface area contributed by atoms with E-state index in [9.17, 15) is 13.2 Å². The Morgan fingerprint density at radius 3 is 2.65 bits per heavy atom. The van der Waals surface area contributed by atoms with E-state index in [2.05, 4.69) is 22.4 Å². The maximum Gasteiger partial charge on any atom is 0.227 e. The highest BCUT2D eigenvalue weighted by molar-refractivity contribution is 7.91. The number of nitrogens with zero attached hydrogens (tertiary/aromatic N) is 2. The van der Waals surface area contributed by atoms with Gasteiger partial charge in [0.25, 0.3) is 0 Å². The number of aromatic nitrogens is 2. The van der Waals surface area contributed by atoms with Crippen LogP contribution in [0.25, 0.3) is 0 Å². The van der Waals surface area contributed by atoms with E-state index in [1.165, 1.54) is 23.7 Å². The molecular weight excluding hydrogens is 510 g/mol. The van der Waals surface area contributed by atoms with Gasteiger partial charge in [0.1, 0.15) is 5.75 Å². The Bertz CT molecular complexity index is 1340. The van der Waals surface area contributed by atoms with E-state index in [0.717, 1.165) is 18.4 Å². The standard InChI is InChI=1S/C28H34ClN3O4S/c1-28(2,18-29)27(33)31-25-15-21-10-11-22(16-23(21)24(25)14-20-8-5-4-6-9-20)36-12-7-13-37(34,35)26-17-32(3)19-30-26/h4-6,8-11,16-17,19,24-25H,7,12-15,18H2,1-3H3,(H,31,33). The SMILES string of the molecule is Cn1cnc(S(=O)(=O)CCCOc2ccc3c(c2)C(Cc2ccccc2)C(NC(=O)C(C)(C)CCl)C3)c1. The number of imidazole rings is 1. The smallest absolute Gasteiger partial charge is 0.227 e. The van der Waals surface area contributed by atoms with Crippen molar-refractivity contribution < 1.29 is 17.9 Å². The molecule has 198 valence electrons. The monoisotopic (exact) mass is 543 g/mol. The molecule has 1 N–H and O–H groups in total. The molecule has 9 heteroatoms. The Morgan fingerprint density at radius 2 is 1.97 bits per heavy atom. The van der Waals surface area contributed by atoms with Crippen LogP contribution < -0.4 is 10.1 Å². The summed E-state index contributed by atoms with van der Waals surface area (Å²) < 4.78 is 32.5. The van der Waals surface area contributed by atoms with Crippen LogP contribution in [-0.2, 0) is 34.5 Å². The van der Waals surface area contributed by atoms with Crippen LogP contribution in [0, 0.1) is 5.41 Å². The third-order valence-corrected chi connectivity index (χ3v) is 9.17. The van der Waals surface area contributed by atoms with Gasteiger partial charge in [-0.05, 0) is 61.9 Å². The van der Waals surface area contributed by atoms with Crippen molar-refractivity contribution in [3.05, 3.63) is 77.7 Å². The quantitative estimate of drug-likeness (QED) is 0.288. The molecule has 2 aromatic carbocycles. The number of aryl methyl sites for hydroxylation is 1. The van der Waals surface area contributed by atoms with Gasteiger partial charge in [0.05, 0.1) is 24.1 Å². The molecule has 0 fully saturated rings. The second kappa shape index (κ2) is 11.3. The first kappa shape index (κ1) is 27.2. The number of ether oxygens (including phenoxy) is 1. The zero-order chi connectivity index (χ0) is 26.6. The van der Waals surface area contributed by atoms with E-state index in [4.69, 9.17) is 16.3 Å². The third kappa shape index (κ3) is 6.54.